The van der Waals surface area contributed by atoms with Crippen LogP contribution in [0, 0.1) is 6.92 Å². The van der Waals surface area contributed by atoms with E-state index >= 15 is 0 Å². The van der Waals surface area contributed by atoms with Gasteiger partial charge in [0.1, 0.15) is 0 Å². The van der Waals surface area contributed by atoms with E-state index in [4.69, 9.17) is 5.73 Å². The molecule has 0 amide bonds. The molecule has 2 aromatic heterocycles. The van der Waals surface area contributed by atoms with Gasteiger partial charge in [0.25, 0.3) is 0 Å². The summed E-state index contributed by atoms with van der Waals surface area (Å²) in [5, 5.41) is 9.14. The van der Waals surface area contributed by atoms with Gasteiger partial charge in [-0.25, -0.2) is 0 Å². The molecule has 0 radical (unpaired) electrons. The van der Waals surface area contributed by atoms with E-state index in [0.29, 0.717) is 5.13 Å². The number of hydrogen-bond donors (Lipinski definition) is 1. The van der Waals surface area contributed by atoms with Gasteiger partial charge < -0.3 is 5.73 Å². The molecule has 2 heterocycles. The van der Waals surface area contributed by atoms with Crippen LogP contribution in [0.15, 0.2) is 12.1 Å². The lowest BCUT2D eigenvalue weighted by Crippen LogP contribution is -1.79. The van der Waals surface area contributed by atoms with E-state index in [9.17, 15) is 0 Å². The molecule has 0 saturated carbocycles. The smallest absolute Gasteiger partial charge is 0.203 e. The molecule has 2 aromatic rings. The molecule has 0 atom stereocenters. The monoisotopic (exact) mass is 197 g/mol. The van der Waals surface area contributed by atoms with Crippen LogP contribution in [0.4, 0.5) is 5.13 Å². The topological polar surface area (TPSA) is 51.8 Å². The average Bonchev–Trinajstić information content (AvgIpc) is 2.58. The minimum atomic E-state index is 0.524. The van der Waals surface area contributed by atoms with Crippen molar-refractivity contribution in [2.24, 2.45) is 0 Å². The first-order valence-corrected chi connectivity index (χ1v) is 5.05. The van der Waals surface area contributed by atoms with E-state index in [-0.39, 0.29) is 0 Å². The predicted molar refractivity (Wildman–Crippen MR) is 52.4 cm³/mol. The van der Waals surface area contributed by atoms with Crippen LogP contribution in [0.1, 0.15) is 4.88 Å². The summed E-state index contributed by atoms with van der Waals surface area (Å²) in [7, 11) is 0. The highest BCUT2D eigenvalue weighted by molar-refractivity contribution is 7.23. The average molecular weight is 197 g/mol. The van der Waals surface area contributed by atoms with Crippen LogP contribution in [0.2, 0.25) is 0 Å². The van der Waals surface area contributed by atoms with Crippen molar-refractivity contribution in [1.82, 2.24) is 10.2 Å². The van der Waals surface area contributed by atoms with E-state index in [1.807, 2.05) is 6.07 Å². The first-order chi connectivity index (χ1) is 5.75. The predicted octanol–water partition coefficient (Wildman–Crippen LogP) is 2.16. The second kappa shape index (κ2) is 2.84. The van der Waals surface area contributed by atoms with Crippen molar-refractivity contribution in [2.75, 3.05) is 5.73 Å². The molecule has 0 aliphatic rings. The van der Waals surface area contributed by atoms with Gasteiger partial charge in [-0.05, 0) is 19.1 Å². The Morgan fingerprint density at radius 3 is 2.58 bits per heavy atom. The van der Waals surface area contributed by atoms with Gasteiger partial charge in [-0.2, -0.15) is 0 Å². The number of hydrogen-bond acceptors (Lipinski definition) is 5. The molecule has 0 unspecified atom stereocenters. The highest BCUT2D eigenvalue weighted by atomic mass is 32.1. The van der Waals surface area contributed by atoms with E-state index in [1.54, 1.807) is 11.3 Å². The molecule has 62 valence electrons. The number of thiophene rings is 1. The molecule has 0 fully saturated rings. The molecule has 2 N–H and O–H groups in total. The Labute approximate surface area is 77.9 Å². The van der Waals surface area contributed by atoms with Gasteiger partial charge >= 0.3 is 0 Å². The number of nitrogens with two attached hydrogens (primary N) is 1. The van der Waals surface area contributed by atoms with E-state index < -0.39 is 0 Å². The maximum Gasteiger partial charge on any atom is 0.203 e. The molecule has 0 aliphatic heterocycles. The Kier molecular flexibility index (Phi) is 1.82. The number of aryl methyl sites for hydroxylation is 1. The van der Waals surface area contributed by atoms with E-state index in [0.717, 1.165) is 9.88 Å². The highest BCUT2D eigenvalue weighted by Crippen LogP contribution is 2.30. The van der Waals surface area contributed by atoms with Crippen molar-refractivity contribution in [3.8, 4) is 9.88 Å². The second-order valence-electron chi connectivity index (χ2n) is 2.36. The molecule has 12 heavy (non-hydrogen) atoms. The van der Waals surface area contributed by atoms with Crippen molar-refractivity contribution < 1.29 is 0 Å². The number of rotatable bonds is 1. The zero-order valence-electron chi connectivity index (χ0n) is 6.44. The third-order valence-electron chi connectivity index (χ3n) is 1.39. The van der Waals surface area contributed by atoms with Crippen LogP contribution in [0.5, 0.6) is 0 Å². The summed E-state index contributed by atoms with van der Waals surface area (Å²) in [4.78, 5) is 2.42. The molecule has 0 spiro atoms. The lowest BCUT2D eigenvalue weighted by Gasteiger charge is -1.83. The molecular weight excluding hydrogens is 190 g/mol. The summed E-state index contributed by atoms with van der Waals surface area (Å²) in [6.07, 6.45) is 0. The zero-order valence-corrected chi connectivity index (χ0v) is 8.08. The van der Waals surface area contributed by atoms with Gasteiger partial charge in [-0.1, -0.05) is 11.3 Å². The van der Waals surface area contributed by atoms with Gasteiger partial charge in [0.15, 0.2) is 5.01 Å². The highest BCUT2D eigenvalue weighted by Gasteiger charge is 2.05. The molecule has 2 rings (SSSR count). The standard InChI is InChI=1S/C7H7N3S2/c1-4-2-3-5(11-4)6-9-10-7(8)12-6/h2-3H,1H3,(H2,8,10). The summed E-state index contributed by atoms with van der Waals surface area (Å²) < 4.78 is 0. The Morgan fingerprint density at radius 1 is 1.25 bits per heavy atom. The first-order valence-electron chi connectivity index (χ1n) is 3.41. The number of aromatic nitrogens is 2. The fraction of sp³-hybridized carbons (Fsp3) is 0.143. The van der Waals surface area contributed by atoms with Crippen molar-refractivity contribution in [3.63, 3.8) is 0 Å². The molecule has 0 aliphatic carbocycles. The number of nitrogens with zero attached hydrogens (tertiary/aromatic N) is 2. The zero-order chi connectivity index (χ0) is 8.55. The Bertz CT molecular complexity index is 353. The van der Waals surface area contributed by atoms with Crippen LogP contribution in [-0.2, 0) is 0 Å². The maximum atomic E-state index is 5.47. The summed E-state index contributed by atoms with van der Waals surface area (Å²) >= 11 is 3.13. The summed E-state index contributed by atoms with van der Waals surface area (Å²) in [5.41, 5.74) is 5.47. The number of anilines is 1. The van der Waals surface area contributed by atoms with Gasteiger partial charge in [0, 0.05) is 4.88 Å². The Morgan fingerprint density at radius 2 is 2.08 bits per heavy atom. The third kappa shape index (κ3) is 1.33. The molecule has 5 heteroatoms. The molecule has 0 bridgehead atoms. The largest absolute Gasteiger partial charge is 0.374 e. The summed E-state index contributed by atoms with van der Waals surface area (Å²) in [6.45, 7) is 2.07. The quantitative estimate of drug-likeness (QED) is 0.762. The molecule has 0 saturated heterocycles. The molecule has 3 nitrogen and oxygen atoms in total. The second-order valence-corrected chi connectivity index (χ2v) is 4.65. The van der Waals surface area contributed by atoms with Crippen LogP contribution in [-0.4, -0.2) is 10.2 Å². The number of nitrogen functional groups attached to an aromatic ring is 1. The van der Waals surface area contributed by atoms with E-state index in [1.165, 1.54) is 16.2 Å². The molecular formula is C7H7N3S2. The van der Waals surface area contributed by atoms with E-state index in [2.05, 4.69) is 23.2 Å². The van der Waals surface area contributed by atoms with Gasteiger partial charge in [-0.3, -0.25) is 0 Å². The summed E-state index contributed by atoms with van der Waals surface area (Å²) in [5.74, 6) is 0. The SMILES string of the molecule is Cc1ccc(-c2nnc(N)s2)s1. The fourth-order valence-corrected chi connectivity index (χ4v) is 2.41. The van der Waals surface area contributed by atoms with Crippen molar-refractivity contribution >= 4 is 27.8 Å². The fourth-order valence-electron chi connectivity index (χ4n) is 0.884. The lowest BCUT2D eigenvalue weighted by molar-refractivity contribution is 1.11. The first kappa shape index (κ1) is 7.70. The van der Waals surface area contributed by atoms with Crippen molar-refractivity contribution in [1.29, 1.82) is 0 Å². The Balaban J connectivity index is 2.43. The van der Waals surface area contributed by atoms with Crippen LogP contribution >= 0.6 is 22.7 Å². The normalized spacial score (nSPS) is 10.4. The maximum absolute atomic E-state index is 5.47. The summed E-state index contributed by atoms with van der Waals surface area (Å²) in [6, 6.07) is 4.11. The Hall–Kier alpha value is -0.940. The van der Waals surface area contributed by atoms with Crippen LogP contribution in [0.25, 0.3) is 9.88 Å². The van der Waals surface area contributed by atoms with Crippen LogP contribution < -0.4 is 5.73 Å². The minimum absolute atomic E-state index is 0.524. The third-order valence-corrected chi connectivity index (χ3v) is 3.31. The van der Waals surface area contributed by atoms with Gasteiger partial charge in [0.05, 0.1) is 4.88 Å². The molecule has 0 aromatic carbocycles. The van der Waals surface area contributed by atoms with Crippen molar-refractivity contribution in [2.45, 2.75) is 6.92 Å². The lowest BCUT2D eigenvalue weighted by atomic mass is 10.4. The van der Waals surface area contributed by atoms with Crippen molar-refractivity contribution in [3.05, 3.63) is 17.0 Å². The van der Waals surface area contributed by atoms with Gasteiger partial charge in [0.2, 0.25) is 5.13 Å². The minimum Gasteiger partial charge on any atom is -0.374 e. The van der Waals surface area contributed by atoms with Crippen LogP contribution in [0.3, 0.4) is 0 Å². The van der Waals surface area contributed by atoms with Gasteiger partial charge in [-0.15, -0.1) is 21.5 Å².